The molecule has 0 saturated heterocycles. The van der Waals surface area contributed by atoms with E-state index in [1.165, 1.54) is 6.39 Å². The van der Waals surface area contributed by atoms with E-state index in [0.29, 0.717) is 6.54 Å². The summed E-state index contributed by atoms with van der Waals surface area (Å²) < 4.78 is 4.99. The highest BCUT2D eigenvalue weighted by atomic mass is 16.3. The molecule has 1 atom stereocenters. The van der Waals surface area contributed by atoms with E-state index in [9.17, 15) is 0 Å². The van der Waals surface area contributed by atoms with Crippen molar-refractivity contribution in [2.75, 3.05) is 0 Å². The lowest BCUT2D eigenvalue weighted by Gasteiger charge is -2.03. The van der Waals surface area contributed by atoms with Crippen LogP contribution >= 0.6 is 0 Å². The molecule has 3 nitrogen and oxygen atoms in total. The summed E-state index contributed by atoms with van der Waals surface area (Å²) in [6, 6.07) is 0.0695. The Labute approximate surface area is 65.8 Å². The molecule has 0 fully saturated rings. The summed E-state index contributed by atoms with van der Waals surface area (Å²) in [5, 5.41) is 3.06. The number of terminal acetylenes is 1. The van der Waals surface area contributed by atoms with Crippen LogP contribution in [0.1, 0.15) is 12.7 Å². The Hall–Kier alpha value is -1.27. The number of hydrogen-bond acceptors (Lipinski definition) is 3. The fourth-order valence-corrected chi connectivity index (χ4v) is 0.642. The molecule has 0 amide bonds. The van der Waals surface area contributed by atoms with Crippen LogP contribution in [0.5, 0.6) is 0 Å². The van der Waals surface area contributed by atoms with Gasteiger partial charge in [0.05, 0.1) is 18.8 Å². The lowest BCUT2D eigenvalue weighted by atomic mass is 10.3. The minimum atomic E-state index is 0.0695. The zero-order chi connectivity index (χ0) is 8.10. The Kier molecular flexibility index (Phi) is 2.70. The Morgan fingerprint density at radius 2 is 2.73 bits per heavy atom. The zero-order valence-corrected chi connectivity index (χ0v) is 6.37. The van der Waals surface area contributed by atoms with Crippen molar-refractivity contribution in [3.63, 3.8) is 0 Å². The number of nitrogens with zero attached hydrogens (tertiary/aromatic N) is 1. The van der Waals surface area contributed by atoms with E-state index < -0.39 is 0 Å². The lowest BCUT2D eigenvalue weighted by molar-refractivity contribution is 0.473. The summed E-state index contributed by atoms with van der Waals surface area (Å²) in [6.45, 7) is 2.54. The van der Waals surface area contributed by atoms with Gasteiger partial charge in [0, 0.05) is 0 Å². The van der Waals surface area contributed by atoms with E-state index in [1.807, 2.05) is 6.92 Å². The zero-order valence-electron chi connectivity index (χ0n) is 6.37. The molecule has 0 aliphatic heterocycles. The van der Waals surface area contributed by atoms with Gasteiger partial charge in [0.1, 0.15) is 5.76 Å². The highest BCUT2D eigenvalue weighted by Gasteiger charge is 1.98. The van der Waals surface area contributed by atoms with Gasteiger partial charge in [-0.25, -0.2) is 4.98 Å². The summed E-state index contributed by atoms with van der Waals surface area (Å²) in [5.41, 5.74) is 0. The maximum Gasteiger partial charge on any atom is 0.180 e. The van der Waals surface area contributed by atoms with Crippen LogP contribution in [0.15, 0.2) is 17.0 Å². The van der Waals surface area contributed by atoms with Crippen LogP contribution in [0.2, 0.25) is 0 Å². The highest BCUT2D eigenvalue weighted by molar-refractivity contribution is 4.97. The predicted molar refractivity (Wildman–Crippen MR) is 41.6 cm³/mol. The van der Waals surface area contributed by atoms with Gasteiger partial charge in [0.25, 0.3) is 0 Å². The van der Waals surface area contributed by atoms with Crippen molar-refractivity contribution in [2.45, 2.75) is 19.5 Å². The van der Waals surface area contributed by atoms with Gasteiger partial charge in [-0.1, -0.05) is 5.92 Å². The number of oxazole rings is 1. The molecular weight excluding hydrogens is 140 g/mol. The summed E-state index contributed by atoms with van der Waals surface area (Å²) in [4.78, 5) is 3.77. The first-order chi connectivity index (χ1) is 5.33. The van der Waals surface area contributed by atoms with E-state index >= 15 is 0 Å². The molecular formula is C8H10N2O. The van der Waals surface area contributed by atoms with Gasteiger partial charge < -0.3 is 4.42 Å². The topological polar surface area (TPSA) is 38.1 Å². The van der Waals surface area contributed by atoms with Gasteiger partial charge >= 0.3 is 0 Å². The molecule has 0 aromatic carbocycles. The Morgan fingerprint density at radius 1 is 1.91 bits per heavy atom. The molecule has 1 aromatic heterocycles. The molecule has 1 unspecified atom stereocenters. The molecule has 0 radical (unpaired) electrons. The maximum atomic E-state index is 5.15. The van der Waals surface area contributed by atoms with Gasteiger partial charge in [0.15, 0.2) is 6.39 Å². The maximum absolute atomic E-state index is 5.15. The van der Waals surface area contributed by atoms with Gasteiger partial charge in [-0.3, -0.25) is 5.32 Å². The number of hydrogen-bond donors (Lipinski definition) is 1. The van der Waals surface area contributed by atoms with Crippen LogP contribution in [0, 0.1) is 12.3 Å². The molecule has 1 rings (SSSR count). The fraction of sp³-hybridized carbons (Fsp3) is 0.375. The second-order valence-corrected chi connectivity index (χ2v) is 2.24. The van der Waals surface area contributed by atoms with Crippen LogP contribution in [-0.4, -0.2) is 11.0 Å². The first-order valence-electron chi connectivity index (χ1n) is 3.40. The van der Waals surface area contributed by atoms with Gasteiger partial charge in [-0.2, -0.15) is 0 Å². The molecule has 58 valence electrons. The molecule has 0 bridgehead atoms. The average Bonchev–Trinajstić information content (AvgIpc) is 2.52. The highest BCUT2D eigenvalue weighted by Crippen LogP contribution is 1.95. The monoisotopic (exact) mass is 150 g/mol. The van der Waals surface area contributed by atoms with Crippen molar-refractivity contribution in [1.29, 1.82) is 0 Å². The van der Waals surface area contributed by atoms with E-state index in [4.69, 9.17) is 10.8 Å². The van der Waals surface area contributed by atoms with E-state index in [1.54, 1.807) is 6.20 Å². The third-order valence-electron chi connectivity index (χ3n) is 1.32. The second-order valence-electron chi connectivity index (χ2n) is 2.24. The minimum Gasteiger partial charge on any atom is -0.447 e. The van der Waals surface area contributed by atoms with Crippen LogP contribution < -0.4 is 5.32 Å². The predicted octanol–water partition coefficient (Wildman–Crippen LogP) is 0.786. The van der Waals surface area contributed by atoms with Crippen LogP contribution in [0.3, 0.4) is 0 Å². The number of aromatic nitrogens is 1. The number of rotatable bonds is 3. The van der Waals surface area contributed by atoms with Crippen molar-refractivity contribution in [3.8, 4) is 12.3 Å². The molecule has 0 spiro atoms. The molecule has 0 saturated carbocycles. The average molecular weight is 150 g/mol. The fourth-order valence-electron chi connectivity index (χ4n) is 0.642. The standard InChI is InChI=1S/C8H10N2O/c1-3-7(2)10-5-8-4-9-6-11-8/h1,4,6-7,10H,5H2,2H3. The Bertz CT molecular complexity index is 235. The third kappa shape index (κ3) is 2.44. The molecule has 11 heavy (non-hydrogen) atoms. The van der Waals surface area contributed by atoms with Gasteiger partial charge in [-0.05, 0) is 6.92 Å². The Morgan fingerprint density at radius 3 is 3.27 bits per heavy atom. The van der Waals surface area contributed by atoms with E-state index in [2.05, 4.69) is 16.2 Å². The molecule has 1 N–H and O–H groups in total. The van der Waals surface area contributed by atoms with Crippen molar-refractivity contribution < 1.29 is 4.42 Å². The van der Waals surface area contributed by atoms with E-state index in [0.717, 1.165) is 5.76 Å². The third-order valence-corrected chi connectivity index (χ3v) is 1.32. The van der Waals surface area contributed by atoms with Crippen LogP contribution in [-0.2, 0) is 6.54 Å². The number of nitrogens with one attached hydrogen (secondary N) is 1. The quantitative estimate of drug-likeness (QED) is 0.647. The summed E-state index contributed by atoms with van der Waals surface area (Å²) >= 11 is 0. The molecule has 0 aliphatic carbocycles. The largest absolute Gasteiger partial charge is 0.447 e. The van der Waals surface area contributed by atoms with Crippen molar-refractivity contribution in [3.05, 3.63) is 18.4 Å². The SMILES string of the molecule is C#CC(C)NCc1cnco1. The summed E-state index contributed by atoms with van der Waals surface area (Å²) in [6.07, 6.45) is 8.22. The molecule has 1 aromatic rings. The Balaban J connectivity index is 2.30. The van der Waals surface area contributed by atoms with Crippen molar-refractivity contribution >= 4 is 0 Å². The molecule has 0 aliphatic rings. The normalized spacial score (nSPS) is 12.4. The summed E-state index contributed by atoms with van der Waals surface area (Å²) in [5.74, 6) is 3.35. The van der Waals surface area contributed by atoms with Crippen molar-refractivity contribution in [2.24, 2.45) is 0 Å². The van der Waals surface area contributed by atoms with Gasteiger partial charge in [-0.15, -0.1) is 6.42 Å². The van der Waals surface area contributed by atoms with Crippen molar-refractivity contribution in [1.82, 2.24) is 10.3 Å². The van der Waals surface area contributed by atoms with Crippen LogP contribution in [0.25, 0.3) is 0 Å². The smallest absolute Gasteiger partial charge is 0.180 e. The van der Waals surface area contributed by atoms with E-state index in [-0.39, 0.29) is 6.04 Å². The lowest BCUT2D eigenvalue weighted by Crippen LogP contribution is -2.23. The van der Waals surface area contributed by atoms with Gasteiger partial charge in [0.2, 0.25) is 0 Å². The minimum absolute atomic E-state index is 0.0695. The first-order valence-corrected chi connectivity index (χ1v) is 3.40. The summed E-state index contributed by atoms with van der Waals surface area (Å²) in [7, 11) is 0. The van der Waals surface area contributed by atoms with Crippen LogP contribution in [0.4, 0.5) is 0 Å². The molecule has 1 heterocycles. The first kappa shape index (κ1) is 7.83. The molecule has 3 heteroatoms. The second kappa shape index (κ2) is 3.79.